The van der Waals surface area contributed by atoms with Crippen LogP contribution in [-0.4, -0.2) is 40.8 Å². The molecule has 0 radical (unpaired) electrons. The van der Waals surface area contributed by atoms with Crippen LogP contribution in [0.15, 0.2) is 28.9 Å². The van der Waals surface area contributed by atoms with Crippen molar-refractivity contribution in [2.45, 2.75) is 51.6 Å². The van der Waals surface area contributed by atoms with Gasteiger partial charge < -0.3 is 24.0 Å². The molecule has 0 aromatic heterocycles. The first-order chi connectivity index (χ1) is 13.2. The number of hydrogen-bond donors (Lipinski definition) is 2. The minimum atomic E-state index is -3.40. The number of benzene rings is 1. The molecule has 0 spiro atoms. The Kier molecular flexibility index (Phi) is 8.16. The Morgan fingerprint density at radius 3 is 2.43 bits per heavy atom. The van der Waals surface area contributed by atoms with Gasteiger partial charge in [-0.3, -0.25) is 4.57 Å². The van der Waals surface area contributed by atoms with Gasteiger partial charge in [0.15, 0.2) is 0 Å². The lowest BCUT2D eigenvalue weighted by Crippen LogP contribution is -2.14. The van der Waals surface area contributed by atoms with Crippen molar-refractivity contribution < 1.29 is 33.4 Å². The number of hydrogen-bond acceptors (Lipinski definition) is 7. The monoisotopic (exact) mass is 430 g/mol. The first-order valence-electron chi connectivity index (χ1n) is 9.19. The van der Waals surface area contributed by atoms with Crippen molar-refractivity contribution >= 4 is 25.3 Å². The van der Waals surface area contributed by atoms with Crippen molar-refractivity contribution in [1.29, 1.82) is 0 Å². The van der Waals surface area contributed by atoms with Gasteiger partial charge in [0.05, 0.1) is 35.6 Å². The molecule has 28 heavy (non-hydrogen) atoms. The molecule has 7 nitrogen and oxygen atoms in total. The molecule has 0 saturated heterocycles. The van der Waals surface area contributed by atoms with Crippen molar-refractivity contribution in [2.75, 3.05) is 13.2 Å². The molecule has 9 heteroatoms. The quantitative estimate of drug-likeness (QED) is 0.510. The summed E-state index contributed by atoms with van der Waals surface area (Å²) in [4.78, 5) is 11.4. The van der Waals surface area contributed by atoms with Crippen LogP contribution in [0.25, 0.3) is 0 Å². The molecule has 0 amide bonds. The topological polar surface area (TPSA) is 102 Å². The van der Waals surface area contributed by atoms with Gasteiger partial charge in [-0.25, -0.2) is 4.79 Å². The van der Waals surface area contributed by atoms with Gasteiger partial charge >= 0.3 is 13.6 Å². The number of thioether (sulfide) groups is 1. The van der Waals surface area contributed by atoms with E-state index in [1.807, 2.05) is 13.8 Å². The molecule has 2 atom stereocenters. The highest BCUT2D eigenvalue weighted by molar-refractivity contribution is 8.10. The minimum Gasteiger partial charge on any atom is -0.491 e. The maximum Gasteiger partial charge on any atom is 0.367 e. The Bertz CT molecular complexity index is 768. The van der Waals surface area contributed by atoms with Crippen molar-refractivity contribution in [1.82, 2.24) is 0 Å². The third-order valence-corrected chi connectivity index (χ3v) is 7.97. The number of carboxylic acid groups (broad SMARTS) is 1. The number of allylic oxidation sites excluding steroid dienone is 1. The van der Waals surface area contributed by atoms with Gasteiger partial charge in [-0.2, -0.15) is 0 Å². The Hall–Kier alpha value is -1.31. The Morgan fingerprint density at radius 1 is 1.25 bits per heavy atom. The van der Waals surface area contributed by atoms with Gasteiger partial charge in [0.2, 0.25) is 0 Å². The van der Waals surface area contributed by atoms with Crippen molar-refractivity contribution in [2.24, 2.45) is 0 Å². The summed E-state index contributed by atoms with van der Waals surface area (Å²) in [6.07, 6.45) is 1.12. The molecule has 1 aliphatic rings. The summed E-state index contributed by atoms with van der Waals surface area (Å²) in [6, 6.07) is 4.51. The van der Waals surface area contributed by atoms with E-state index in [9.17, 15) is 19.6 Å². The van der Waals surface area contributed by atoms with Crippen LogP contribution in [0.5, 0.6) is 5.75 Å². The van der Waals surface area contributed by atoms with E-state index < -0.39 is 19.7 Å². The second kappa shape index (κ2) is 9.94. The SMILES string of the molecule is CCOP(=O)(OCC)C1=CCC(C(O)c2cc(OC(C)C)cc(C(=O)O)c2)S1. The summed E-state index contributed by atoms with van der Waals surface area (Å²) in [6.45, 7) is 7.66. The lowest BCUT2D eigenvalue weighted by atomic mass is 10.0. The highest BCUT2D eigenvalue weighted by atomic mass is 32.2. The lowest BCUT2D eigenvalue weighted by molar-refractivity contribution is 0.0695. The molecule has 2 rings (SSSR count). The maximum atomic E-state index is 12.9. The predicted octanol–water partition coefficient (Wildman–Crippen LogP) is 4.82. The molecule has 1 aromatic rings. The van der Waals surface area contributed by atoms with E-state index >= 15 is 0 Å². The van der Waals surface area contributed by atoms with E-state index in [1.54, 1.807) is 26.0 Å². The van der Waals surface area contributed by atoms with Gasteiger partial charge in [-0.15, -0.1) is 11.8 Å². The van der Waals surface area contributed by atoms with Crippen molar-refractivity contribution in [3.05, 3.63) is 40.0 Å². The first-order valence-corrected chi connectivity index (χ1v) is 11.6. The Labute approximate surface area is 169 Å². The molecule has 2 unspecified atom stereocenters. The third-order valence-electron chi connectivity index (χ3n) is 3.91. The normalized spacial score (nSPS) is 18.2. The molecule has 0 bridgehead atoms. The van der Waals surface area contributed by atoms with E-state index in [2.05, 4.69) is 0 Å². The number of aliphatic hydroxyl groups is 1. The van der Waals surface area contributed by atoms with Crippen LogP contribution in [0.4, 0.5) is 0 Å². The number of aliphatic hydroxyl groups excluding tert-OH is 1. The summed E-state index contributed by atoms with van der Waals surface area (Å²) < 4.78 is 29.8. The zero-order valence-corrected chi connectivity index (χ0v) is 18.2. The third kappa shape index (κ3) is 5.61. The summed E-state index contributed by atoms with van der Waals surface area (Å²) >= 11 is 1.24. The molecule has 0 saturated carbocycles. The number of aromatic carboxylic acids is 1. The standard InChI is InChI=1S/C19H27O7PS/c1-5-24-27(23,25-6-2)17-8-7-16(28-17)18(20)13-9-14(19(21)22)11-15(10-13)26-12(3)4/h8-12,16,18,20H,5-7H2,1-4H3,(H,21,22). The van der Waals surface area contributed by atoms with Crippen LogP contribution in [0, 0.1) is 0 Å². The summed E-state index contributed by atoms with van der Waals surface area (Å²) in [5.74, 6) is -0.716. The second-order valence-corrected chi connectivity index (χ2v) is 10.1. The van der Waals surface area contributed by atoms with E-state index in [0.29, 0.717) is 22.4 Å². The fourth-order valence-electron chi connectivity index (χ4n) is 2.81. The molecule has 1 aromatic carbocycles. The van der Waals surface area contributed by atoms with E-state index in [4.69, 9.17) is 13.8 Å². The molecule has 0 aliphatic carbocycles. The van der Waals surface area contributed by atoms with Crippen LogP contribution in [0.3, 0.4) is 0 Å². The molecule has 2 N–H and O–H groups in total. The maximum absolute atomic E-state index is 12.9. The number of rotatable bonds is 10. The molecular formula is C19H27O7PS. The fraction of sp³-hybridized carbons (Fsp3) is 0.526. The van der Waals surface area contributed by atoms with Gasteiger partial charge in [-0.1, -0.05) is 6.08 Å². The molecular weight excluding hydrogens is 403 g/mol. The molecule has 1 heterocycles. The van der Waals surface area contributed by atoms with Crippen LogP contribution in [0.1, 0.15) is 56.1 Å². The van der Waals surface area contributed by atoms with Crippen LogP contribution in [0.2, 0.25) is 0 Å². The van der Waals surface area contributed by atoms with Crippen molar-refractivity contribution in [3.63, 3.8) is 0 Å². The minimum absolute atomic E-state index is 0.0395. The fourth-order valence-corrected chi connectivity index (χ4v) is 6.37. The first kappa shape index (κ1) is 23.0. The largest absolute Gasteiger partial charge is 0.491 e. The number of carbonyl (C=O) groups is 1. The molecule has 1 aliphatic heterocycles. The number of carboxylic acids is 1. The number of ether oxygens (including phenoxy) is 1. The van der Waals surface area contributed by atoms with E-state index in [-0.39, 0.29) is 30.1 Å². The van der Waals surface area contributed by atoms with Gasteiger partial charge in [0.1, 0.15) is 5.75 Å². The van der Waals surface area contributed by atoms with E-state index in [1.165, 1.54) is 23.9 Å². The van der Waals surface area contributed by atoms with Gasteiger partial charge in [-0.05, 0) is 57.9 Å². The summed E-state index contributed by atoms with van der Waals surface area (Å²) in [7, 11) is -3.40. The highest BCUT2D eigenvalue weighted by Crippen LogP contribution is 2.64. The lowest BCUT2D eigenvalue weighted by Gasteiger charge is -2.22. The summed E-state index contributed by atoms with van der Waals surface area (Å²) in [5.41, 5.74) is 0.475. The smallest absolute Gasteiger partial charge is 0.367 e. The predicted molar refractivity (Wildman–Crippen MR) is 109 cm³/mol. The van der Waals surface area contributed by atoms with Crippen molar-refractivity contribution in [3.8, 4) is 5.75 Å². The van der Waals surface area contributed by atoms with E-state index in [0.717, 1.165) is 0 Å². The zero-order valence-electron chi connectivity index (χ0n) is 16.5. The van der Waals surface area contributed by atoms with Crippen LogP contribution >= 0.6 is 19.4 Å². The van der Waals surface area contributed by atoms with Crippen LogP contribution < -0.4 is 4.74 Å². The highest BCUT2D eigenvalue weighted by Gasteiger charge is 2.38. The van der Waals surface area contributed by atoms with Gasteiger partial charge in [0.25, 0.3) is 0 Å². The van der Waals surface area contributed by atoms with Gasteiger partial charge in [0, 0.05) is 5.25 Å². The second-order valence-electron chi connectivity index (χ2n) is 6.47. The average Bonchev–Trinajstić information content (AvgIpc) is 3.11. The molecule has 156 valence electrons. The van der Waals surface area contributed by atoms with Crippen LogP contribution in [-0.2, 0) is 13.6 Å². The zero-order chi connectivity index (χ0) is 20.9. The molecule has 0 fully saturated rings. The Balaban J connectivity index is 2.23. The average molecular weight is 430 g/mol. The summed E-state index contributed by atoms with van der Waals surface area (Å²) in [5, 5.41) is 19.9. The Morgan fingerprint density at radius 2 is 1.89 bits per heavy atom.